The molecule has 0 saturated heterocycles. The average molecular weight is 325 g/mol. The molecule has 0 unspecified atom stereocenters. The second-order valence-electron chi connectivity index (χ2n) is 5.19. The summed E-state index contributed by atoms with van der Waals surface area (Å²) in [4.78, 5) is 11.3. The quantitative estimate of drug-likeness (QED) is 0.800. The van der Waals surface area contributed by atoms with Crippen LogP contribution in [0.1, 0.15) is 41.9 Å². The molecule has 1 heterocycles. The van der Waals surface area contributed by atoms with Gasteiger partial charge >= 0.3 is 5.97 Å². The number of carbonyl (C=O) groups excluding carboxylic acids is 1. The van der Waals surface area contributed by atoms with Gasteiger partial charge in [-0.25, -0.2) is 0 Å². The van der Waals surface area contributed by atoms with E-state index in [0.717, 1.165) is 42.5 Å². The van der Waals surface area contributed by atoms with Crippen LogP contribution in [0.4, 0.5) is 0 Å². The molecule has 19 heavy (non-hydrogen) atoms. The first-order chi connectivity index (χ1) is 9.20. The van der Waals surface area contributed by atoms with E-state index in [1.54, 1.807) is 0 Å². The number of esters is 1. The first-order valence-electron chi connectivity index (χ1n) is 6.74. The van der Waals surface area contributed by atoms with Gasteiger partial charge in [0.1, 0.15) is 5.75 Å². The Morgan fingerprint density at radius 3 is 3.16 bits per heavy atom. The van der Waals surface area contributed by atoms with Gasteiger partial charge in [0.05, 0.1) is 18.2 Å². The molecule has 1 aromatic rings. The van der Waals surface area contributed by atoms with Crippen molar-refractivity contribution < 1.29 is 14.3 Å². The van der Waals surface area contributed by atoms with E-state index in [4.69, 9.17) is 9.47 Å². The number of carbonyl (C=O) groups is 1. The van der Waals surface area contributed by atoms with Crippen molar-refractivity contribution in [2.24, 2.45) is 0 Å². The number of methoxy groups -OCH3 is 1. The molecule has 1 aliphatic heterocycles. The van der Waals surface area contributed by atoms with E-state index in [9.17, 15) is 4.79 Å². The number of fused-ring (bicyclic) bond motifs is 3. The Hall–Kier alpha value is -1.03. The van der Waals surface area contributed by atoms with Gasteiger partial charge in [-0.3, -0.25) is 4.79 Å². The Morgan fingerprint density at radius 1 is 1.53 bits per heavy atom. The summed E-state index contributed by atoms with van der Waals surface area (Å²) in [6.07, 6.45) is 4.62. The van der Waals surface area contributed by atoms with Crippen molar-refractivity contribution in [2.75, 3.05) is 13.7 Å². The second kappa shape index (κ2) is 5.16. The molecule has 3 rings (SSSR count). The lowest BCUT2D eigenvalue weighted by atomic mass is 9.91. The third-order valence-corrected chi connectivity index (χ3v) is 4.75. The molecule has 2 aliphatic rings. The van der Waals surface area contributed by atoms with E-state index in [1.807, 2.05) is 0 Å². The highest BCUT2D eigenvalue weighted by Gasteiger charge is 2.31. The molecule has 4 heteroatoms. The summed E-state index contributed by atoms with van der Waals surface area (Å²) in [5.41, 5.74) is 4.22. The maximum Gasteiger partial charge on any atom is 0.305 e. The van der Waals surface area contributed by atoms with Crippen LogP contribution in [-0.2, 0) is 22.4 Å². The van der Waals surface area contributed by atoms with E-state index >= 15 is 0 Å². The predicted octanol–water partition coefficient (Wildman–Crippen LogP) is 3.37. The minimum atomic E-state index is -0.113. The van der Waals surface area contributed by atoms with Gasteiger partial charge in [-0.2, -0.15) is 0 Å². The SMILES string of the molecule is COC(=O)CC[C@@H]1CCc2cc(Br)c3c(c21)CCO3. The summed E-state index contributed by atoms with van der Waals surface area (Å²) in [6, 6.07) is 2.19. The molecule has 1 aromatic carbocycles. The molecule has 0 radical (unpaired) electrons. The maximum atomic E-state index is 11.3. The molecule has 0 spiro atoms. The van der Waals surface area contributed by atoms with Gasteiger partial charge < -0.3 is 9.47 Å². The normalized spacial score (nSPS) is 19.8. The fourth-order valence-corrected chi connectivity index (χ4v) is 3.92. The van der Waals surface area contributed by atoms with Crippen LogP contribution in [0, 0.1) is 0 Å². The predicted molar refractivity (Wildman–Crippen MR) is 75.7 cm³/mol. The Bertz CT molecular complexity index is 525. The van der Waals surface area contributed by atoms with Gasteiger partial charge in [0, 0.05) is 18.4 Å². The van der Waals surface area contributed by atoms with Crippen LogP contribution >= 0.6 is 15.9 Å². The topological polar surface area (TPSA) is 35.5 Å². The lowest BCUT2D eigenvalue weighted by molar-refractivity contribution is -0.140. The zero-order valence-corrected chi connectivity index (χ0v) is 12.6. The van der Waals surface area contributed by atoms with Crippen molar-refractivity contribution in [3.63, 3.8) is 0 Å². The van der Waals surface area contributed by atoms with Crippen LogP contribution in [0.5, 0.6) is 5.75 Å². The molecule has 0 N–H and O–H groups in total. The first kappa shape index (κ1) is 13.0. The van der Waals surface area contributed by atoms with Crippen molar-refractivity contribution in [1.82, 2.24) is 0 Å². The Labute approximate surface area is 121 Å². The number of halogens is 1. The van der Waals surface area contributed by atoms with Gasteiger partial charge in [0.25, 0.3) is 0 Å². The van der Waals surface area contributed by atoms with E-state index < -0.39 is 0 Å². The molecule has 3 nitrogen and oxygen atoms in total. The molecule has 0 aromatic heterocycles. The minimum absolute atomic E-state index is 0.113. The van der Waals surface area contributed by atoms with Gasteiger partial charge in [0.15, 0.2) is 0 Å². The van der Waals surface area contributed by atoms with E-state index in [0.29, 0.717) is 12.3 Å². The highest BCUT2D eigenvalue weighted by molar-refractivity contribution is 9.10. The first-order valence-corrected chi connectivity index (χ1v) is 7.53. The van der Waals surface area contributed by atoms with E-state index in [1.165, 1.54) is 23.8 Å². The molecule has 0 fully saturated rings. The lowest BCUT2D eigenvalue weighted by Gasteiger charge is -2.15. The summed E-state index contributed by atoms with van der Waals surface area (Å²) in [7, 11) is 1.45. The Morgan fingerprint density at radius 2 is 2.37 bits per heavy atom. The summed E-state index contributed by atoms with van der Waals surface area (Å²) < 4.78 is 11.5. The number of benzene rings is 1. The van der Waals surface area contributed by atoms with Crippen LogP contribution in [0.15, 0.2) is 10.5 Å². The molecule has 0 amide bonds. The van der Waals surface area contributed by atoms with Crippen LogP contribution in [-0.4, -0.2) is 19.7 Å². The highest BCUT2D eigenvalue weighted by atomic mass is 79.9. The van der Waals surface area contributed by atoms with E-state index in [2.05, 4.69) is 22.0 Å². The zero-order valence-electron chi connectivity index (χ0n) is 11.0. The molecule has 1 atom stereocenters. The molecular weight excluding hydrogens is 308 g/mol. The van der Waals surface area contributed by atoms with Crippen molar-refractivity contribution in [3.05, 3.63) is 27.2 Å². The smallest absolute Gasteiger partial charge is 0.305 e. The zero-order chi connectivity index (χ0) is 13.4. The largest absolute Gasteiger partial charge is 0.492 e. The summed E-state index contributed by atoms with van der Waals surface area (Å²) in [5.74, 6) is 1.39. The summed E-state index contributed by atoms with van der Waals surface area (Å²) >= 11 is 3.60. The number of rotatable bonds is 3. The van der Waals surface area contributed by atoms with Crippen LogP contribution < -0.4 is 4.74 Å². The molecule has 0 bridgehead atoms. The molecule has 1 aliphatic carbocycles. The minimum Gasteiger partial charge on any atom is -0.492 e. The molecule has 0 saturated carbocycles. The highest BCUT2D eigenvalue weighted by Crippen LogP contribution is 2.46. The van der Waals surface area contributed by atoms with Crippen LogP contribution in [0.2, 0.25) is 0 Å². The average Bonchev–Trinajstić information content (AvgIpc) is 3.02. The lowest BCUT2D eigenvalue weighted by Crippen LogP contribution is -2.04. The maximum absolute atomic E-state index is 11.3. The molecular formula is C15H17BrO3. The van der Waals surface area contributed by atoms with Gasteiger partial charge in [-0.15, -0.1) is 0 Å². The fourth-order valence-electron chi connectivity index (χ4n) is 3.29. The Balaban J connectivity index is 1.88. The molecule has 102 valence electrons. The van der Waals surface area contributed by atoms with Crippen molar-refractivity contribution in [1.29, 1.82) is 0 Å². The summed E-state index contributed by atoms with van der Waals surface area (Å²) in [6.45, 7) is 0.772. The van der Waals surface area contributed by atoms with Crippen molar-refractivity contribution >= 4 is 21.9 Å². The van der Waals surface area contributed by atoms with Gasteiger partial charge in [-0.1, -0.05) is 0 Å². The van der Waals surface area contributed by atoms with Crippen LogP contribution in [0.3, 0.4) is 0 Å². The third kappa shape index (κ3) is 2.27. The van der Waals surface area contributed by atoms with Crippen LogP contribution in [0.25, 0.3) is 0 Å². The fraction of sp³-hybridized carbons (Fsp3) is 0.533. The van der Waals surface area contributed by atoms with Gasteiger partial charge in [0.2, 0.25) is 0 Å². The van der Waals surface area contributed by atoms with Crippen molar-refractivity contribution in [2.45, 2.75) is 38.0 Å². The Kier molecular flexibility index (Phi) is 3.52. The van der Waals surface area contributed by atoms with Gasteiger partial charge in [-0.05, 0) is 58.3 Å². The monoisotopic (exact) mass is 324 g/mol. The van der Waals surface area contributed by atoms with E-state index in [-0.39, 0.29) is 5.97 Å². The number of aryl methyl sites for hydroxylation is 1. The second-order valence-corrected chi connectivity index (χ2v) is 6.04. The summed E-state index contributed by atoms with van der Waals surface area (Å²) in [5, 5.41) is 0. The van der Waals surface area contributed by atoms with Crippen molar-refractivity contribution in [3.8, 4) is 5.75 Å². The standard InChI is InChI=1S/C15H17BrO3/c1-18-13(17)5-4-9-2-3-10-8-12(16)15-11(14(9)10)6-7-19-15/h8-9H,2-7H2,1H3/t9-/m0/s1. The number of ether oxygens (including phenoxy) is 2. The number of hydrogen-bond donors (Lipinski definition) is 0. The third-order valence-electron chi connectivity index (χ3n) is 4.16. The number of hydrogen-bond acceptors (Lipinski definition) is 3.